The predicted molar refractivity (Wildman–Crippen MR) is 114 cm³/mol. The molecule has 2 aromatic rings. The van der Waals surface area contributed by atoms with Crippen molar-refractivity contribution >= 4 is 33.0 Å². The molecule has 0 aliphatic carbocycles. The summed E-state index contributed by atoms with van der Waals surface area (Å²) in [7, 11) is -0.783. The van der Waals surface area contributed by atoms with Crippen LogP contribution < -0.4 is 10.1 Å². The van der Waals surface area contributed by atoms with Gasteiger partial charge in [0.05, 0.1) is 11.5 Å². The molecule has 154 valence electrons. The SMILES string of the molecule is CCCc1sc(C(=O)Nc2ccc(OCC)c(S(=O)(=O)N(C)C)c2)cc1CC. The van der Waals surface area contributed by atoms with Gasteiger partial charge in [0, 0.05) is 24.7 Å². The second-order valence-electron chi connectivity index (χ2n) is 6.50. The van der Waals surface area contributed by atoms with Crippen LogP contribution in [-0.2, 0) is 22.9 Å². The highest BCUT2D eigenvalue weighted by Crippen LogP contribution is 2.30. The van der Waals surface area contributed by atoms with E-state index in [0.29, 0.717) is 17.2 Å². The summed E-state index contributed by atoms with van der Waals surface area (Å²) >= 11 is 1.50. The van der Waals surface area contributed by atoms with Crippen molar-refractivity contribution < 1.29 is 17.9 Å². The zero-order valence-corrected chi connectivity index (χ0v) is 18.7. The minimum Gasteiger partial charge on any atom is -0.492 e. The van der Waals surface area contributed by atoms with E-state index in [9.17, 15) is 13.2 Å². The topological polar surface area (TPSA) is 75.7 Å². The third-order valence-corrected chi connectivity index (χ3v) is 7.31. The van der Waals surface area contributed by atoms with E-state index in [4.69, 9.17) is 4.74 Å². The van der Waals surface area contributed by atoms with Gasteiger partial charge in [0.15, 0.2) is 0 Å². The highest BCUT2D eigenvalue weighted by atomic mass is 32.2. The molecule has 1 heterocycles. The first kappa shape index (κ1) is 22.4. The van der Waals surface area contributed by atoms with Gasteiger partial charge in [-0.3, -0.25) is 4.79 Å². The van der Waals surface area contributed by atoms with Gasteiger partial charge in [-0.05, 0) is 49.6 Å². The van der Waals surface area contributed by atoms with E-state index in [1.807, 2.05) is 6.07 Å². The molecule has 28 heavy (non-hydrogen) atoms. The fraction of sp³-hybridized carbons (Fsp3) is 0.450. The van der Waals surface area contributed by atoms with Crippen molar-refractivity contribution in [3.63, 3.8) is 0 Å². The lowest BCUT2D eigenvalue weighted by Crippen LogP contribution is -2.23. The molecule has 0 aliphatic rings. The predicted octanol–water partition coefficient (Wildman–Crippen LogP) is 4.16. The van der Waals surface area contributed by atoms with Crippen molar-refractivity contribution in [3.8, 4) is 5.75 Å². The van der Waals surface area contributed by atoms with E-state index in [0.717, 1.165) is 23.6 Å². The van der Waals surface area contributed by atoms with Gasteiger partial charge in [-0.25, -0.2) is 12.7 Å². The van der Waals surface area contributed by atoms with Crippen LogP contribution in [0.4, 0.5) is 5.69 Å². The number of carbonyl (C=O) groups excluding carboxylic acids is 1. The Hall–Kier alpha value is -1.90. The van der Waals surface area contributed by atoms with Gasteiger partial charge >= 0.3 is 0 Å². The maximum absolute atomic E-state index is 12.7. The van der Waals surface area contributed by atoms with Crippen molar-refractivity contribution in [3.05, 3.63) is 39.6 Å². The molecule has 0 saturated heterocycles. The number of nitrogens with one attached hydrogen (secondary N) is 1. The van der Waals surface area contributed by atoms with Crippen molar-refractivity contribution in [2.75, 3.05) is 26.0 Å². The number of sulfonamides is 1. The van der Waals surface area contributed by atoms with Crippen LogP contribution in [0.15, 0.2) is 29.2 Å². The molecule has 0 spiro atoms. The number of thiophene rings is 1. The first-order chi connectivity index (χ1) is 13.2. The largest absolute Gasteiger partial charge is 0.492 e. The molecule has 0 atom stereocenters. The van der Waals surface area contributed by atoms with E-state index in [1.54, 1.807) is 19.1 Å². The van der Waals surface area contributed by atoms with Crippen LogP contribution in [0.1, 0.15) is 47.3 Å². The number of rotatable bonds is 9. The number of hydrogen-bond acceptors (Lipinski definition) is 5. The summed E-state index contributed by atoms with van der Waals surface area (Å²) in [5, 5.41) is 2.82. The summed E-state index contributed by atoms with van der Waals surface area (Å²) < 4.78 is 31.8. The lowest BCUT2D eigenvalue weighted by molar-refractivity contribution is 0.103. The molecule has 0 bridgehead atoms. The molecular weight excluding hydrogens is 396 g/mol. The highest BCUT2D eigenvalue weighted by Gasteiger charge is 2.23. The first-order valence-corrected chi connectivity index (χ1v) is 11.6. The molecule has 0 aliphatic heterocycles. The van der Waals surface area contributed by atoms with Gasteiger partial charge in [0.25, 0.3) is 5.91 Å². The van der Waals surface area contributed by atoms with Crippen LogP contribution in [-0.4, -0.2) is 39.3 Å². The molecule has 1 amide bonds. The van der Waals surface area contributed by atoms with Gasteiger partial charge in [-0.15, -0.1) is 11.3 Å². The quantitative estimate of drug-likeness (QED) is 0.656. The van der Waals surface area contributed by atoms with Crippen molar-refractivity contribution in [1.82, 2.24) is 4.31 Å². The fourth-order valence-corrected chi connectivity index (χ4v) is 5.07. The smallest absolute Gasteiger partial charge is 0.265 e. The third kappa shape index (κ3) is 4.92. The summed E-state index contributed by atoms with van der Waals surface area (Å²) in [5.74, 6) is 0.0308. The summed E-state index contributed by atoms with van der Waals surface area (Å²) in [6.07, 6.45) is 2.86. The van der Waals surface area contributed by atoms with Gasteiger partial charge in [0.2, 0.25) is 10.0 Å². The Labute approximate surface area is 171 Å². The number of amides is 1. The highest BCUT2D eigenvalue weighted by molar-refractivity contribution is 7.89. The van der Waals surface area contributed by atoms with E-state index < -0.39 is 10.0 Å². The number of anilines is 1. The molecule has 2 rings (SSSR count). The molecule has 1 aromatic heterocycles. The van der Waals surface area contributed by atoms with Crippen LogP contribution in [0.2, 0.25) is 0 Å². The Balaban J connectivity index is 2.35. The standard InChI is InChI=1S/C20H28N2O4S2/c1-6-9-17-14(7-2)12-18(27-17)20(23)21-15-10-11-16(26-8-3)19(13-15)28(24,25)22(4)5/h10-13H,6-9H2,1-5H3,(H,21,23). The van der Waals surface area contributed by atoms with Gasteiger partial charge in [-0.1, -0.05) is 20.3 Å². The second-order valence-corrected chi connectivity index (χ2v) is 9.76. The first-order valence-electron chi connectivity index (χ1n) is 9.36. The summed E-state index contributed by atoms with van der Waals surface area (Å²) in [5.41, 5.74) is 1.61. The normalized spacial score (nSPS) is 11.6. The molecular formula is C20H28N2O4S2. The minimum atomic E-state index is -3.71. The molecule has 0 saturated carbocycles. The van der Waals surface area contributed by atoms with E-state index in [1.165, 1.54) is 41.9 Å². The lowest BCUT2D eigenvalue weighted by Gasteiger charge is -2.16. The zero-order valence-electron chi connectivity index (χ0n) is 17.0. The Kier molecular flexibility index (Phi) is 7.63. The zero-order chi connectivity index (χ0) is 20.9. The van der Waals surface area contributed by atoms with Crippen molar-refractivity contribution in [2.24, 2.45) is 0 Å². The maximum atomic E-state index is 12.7. The summed E-state index contributed by atoms with van der Waals surface area (Å²) in [6, 6.07) is 6.60. The number of hydrogen-bond donors (Lipinski definition) is 1. The monoisotopic (exact) mass is 424 g/mol. The third-order valence-electron chi connectivity index (χ3n) is 4.24. The summed E-state index contributed by atoms with van der Waals surface area (Å²) in [4.78, 5) is 14.6. The molecule has 1 N–H and O–H groups in total. The van der Waals surface area contributed by atoms with Gasteiger partial charge in [-0.2, -0.15) is 0 Å². The Morgan fingerprint density at radius 2 is 1.89 bits per heavy atom. The molecule has 6 nitrogen and oxygen atoms in total. The molecule has 1 aromatic carbocycles. The van der Waals surface area contributed by atoms with Gasteiger partial charge < -0.3 is 10.1 Å². The number of carbonyl (C=O) groups is 1. The van der Waals surface area contributed by atoms with Crippen LogP contribution in [0.3, 0.4) is 0 Å². The summed E-state index contributed by atoms with van der Waals surface area (Å²) in [6.45, 7) is 6.33. The van der Waals surface area contributed by atoms with Crippen LogP contribution >= 0.6 is 11.3 Å². The Morgan fingerprint density at radius 1 is 1.18 bits per heavy atom. The number of aryl methyl sites for hydroxylation is 2. The van der Waals surface area contributed by atoms with E-state index >= 15 is 0 Å². The number of ether oxygens (including phenoxy) is 1. The van der Waals surface area contributed by atoms with Crippen molar-refractivity contribution in [1.29, 1.82) is 0 Å². The average molecular weight is 425 g/mol. The van der Waals surface area contributed by atoms with Crippen LogP contribution in [0.25, 0.3) is 0 Å². The molecule has 0 unspecified atom stereocenters. The number of benzene rings is 1. The van der Waals surface area contributed by atoms with Gasteiger partial charge in [0.1, 0.15) is 10.6 Å². The van der Waals surface area contributed by atoms with Crippen molar-refractivity contribution in [2.45, 2.75) is 44.9 Å². The lowest BCUT2D eigenvalue weighted by atomic mass is 10.1. The Morgan fingerprint density at radius 3 is 2.46 bits per heavy atom. The van der Waals surface area contributed by atoms with Crippen LogP contribution in [0, 0.1) is 0 Å². The average Bonchev–Trinajstić information content (AvgIpc) is 3.06. The second kappa shape index (κ2) is 9.54. The minimum absolute atomic E-state index is 0.0317. The van der Waals surface area contributed by atoms with E-state index in [-0.39, 0.29) is 16.6 Å². The maximum Gasteiger partial charge on any atom is 0.265 e. The van der Waals surface area contributed by atoms with Crippen LogP contribution in [0.5, 0.6) is 5.75 Å². The number of nitrogens with zero attached hydrogens (tertiary/aromatic N) is 1. The molecule has 0 fully saturated rings. The molecule has 0 radical (unpaired) electrons. The Bertz CT molecular complexity index is 934. The van der Waals surface area contributed by atoms with E-state index in [2.05, 4.69) is 19.2 Å². The fourth-order valence-electron chi connectivity index (χ4n) is 2.77. The molecule has 8 heteroatoms.